The molecule has 0 fully saturated rings. The van der Waals surface area contributed by atoms with Crippen LogP contribution >= 0.6 is 0 Å². The maximum atomic E-state index is 10.3. The molecule has 0 spiro atoms. The van der Waals surface area contributed by atoms with Crippen molar-refractivity contribution in [1.29, 1.82) is 0 Å². The molecule has 0 heterocycles. The van der Waals surface area contributed by atoms with Crippen LogP contribution in [0.4, 0.5) is 0 Å². The van der Waals surface area contributed by atoms with Crippen molar-refractivity contribution in [3.8, 4) is 0 Å². The Labute approximate surface area is 99.2 Å². The van der Waals surface area contributed by atoms with Crippen LogP contribution in [-0.4, -0.2) is 16.9 Å². The monoisotopic (exact) mass is 230 g/mol. The van der Waals surface area contributed by atoms with Crippen LogP contribution in [0.5, 0.6) is 0 Å². The molecular weight excluding hydrogens is 204 g/mol. The molecule has 0 aromatic carbocycles. The van der Waals surface area contributed by atoms with Gasteiger partial charge in [-0.05, 0) is 25.2 Å². The third-order valence-electron chi connectivity index (χ3n) is 1.87. The fraction of sp³-hybridized carbons (Fsp3) is 0.846. The molecule has 0 saturated heterocycles. The fourth-order valence-corrected chi connectivity index (χ4v) is 1.24. The van der Waals surface area contributed by atoms with Crippen molar-refractivity contribution < 1.29 is 14.7 Å². The van der Waals surface area contributed by atoms with Gasteiger partial charge in [0.25, 0.3) is 0 Å². The standard InChI is InChI=1S/C7H14O2.C6H12O/c1-6(2)4-3-5-7(8)9;1-5(2)4-6(3)7/h6H,3-5H2,1-2H3,(H,8,9);5H,4H2,1-3H3. The molecule has 0 radical (unpaired) electrons. The first kappa shape index (κ1) is 17.5. The predicted molar refractivity (Wildman–Crippen MR) is 66.5 cm³/mol. The van der Waals surface area contributed by atoms with Gasteiger partial charge in [0, 0.05) is 12.8 Å². The number of rotatable bonds is 6. The number of carbonyl (C=O) groups excluding carboxylic acids is 1. The zero-order chi connectivity index (χ0) is 13.1. The van der Waals surface area contributed by atoms with Gasteiger partial charge in [-0.1, -0.05) is 34.1 Å². The minimum absolute atomic E-state index is 0.287. The lowest BCUT2D eigenvalue weighted by atomic mass is 10.1. The third-order valence-corrected chi connectivity index (χ3v) is 1.87. The summed E-state index contributed by atoms with van der Waals surface area (Å²) in [5, 5.41) is 8.23. The Kier molecular flexibility index (Phi) is 11.7. The molecule has 0 aliphatic heterocycles. The number of carbonyl (C=O) groups is 2. The largest absolute Gasteiger partial charge is 0.481 e. The third kappa shape index (κ3) is 23.2. The second kappa shape index (κ2) is 10.7. The Hall–Kier alpha value is -0.860. The van der Waals surface area contributed by atoms with Gasteiger partial charge in [0.2, 0.25) is 0 Å². The van der Waals surface area contributed by atoms with Crippen LogP contribution in [-0.2, 0) is 9.59 Å². The molecule has 1 N–H and O–H groups in total. The molecule has 0 aromatic heterocycles. The molecule has 0 saturated carbocycles. The highest BCUT2D eigenvalue weighted by Crippen LogP contribution is 2.05. The van der Waals surface area contributed by atoms with Crippen molar-refractivity contribution >= 4 is 11.8 Å². The van der Waals surface area contributed by atoms with Gasteiger partial charge in [0.15, 0.2) is 0 Å². The number of aliphatic carboxylic acids is 1. The summed E-state index contributed by atoms with van der Waals surface area (Å²) in [6, 6.07) is 0. The second-order valence-corrected chi connectivity index (χ2v) is 4.98. The van der Waals surface area contributed by atoms with Crippen LogP contribution in [0.1, 0.15) is 60.3 Å². The zero-order valence-corrected chi connectivity index (χ0v) is 11.2. The summed E-state index contributed by atoms with van der Waals surface area (Å²) in [5.41, 5.74) is 0. The van der Waals surface area contributed by atoms with E-state index in [0.717, 1.165) is 19.3 Å². The van der Waals surface area contributed by atoms with Crippen molar-refractivity contribution in [2.45, 2.75) is 60.3 Å². The smallest absolute Gasteiger partial charge is 0.303 e. The molecule has 96 valence electrons. The first-order chi connectivity index (χ1) is 7.25. The van der Waals surface area contributed by atoms with Crippen molar-refractivity contribution in [3.63, 3.8) is 0 Å². The summed E-state index contributed by atoms with van der Waals surface area (Å²) in [6.07, 6.45) is 2.87. The maximum absolute atomic E-state index is 10.3. The predicted octanol–water partition coefficient (Wildman–Crippen LogP) is 3.52. The average molecular weight is 230 g/mol. The summed E-state index contributed by atoms with van der Waals surface area (Å²) in [4.78, 5) is 20.2. The molecule has 3 nitrogen and oxygen atoms in total. The molecule has 0 aliphatic carbocycles. The van der Waals surface area contributed by atoms with E-state index in [1.165, 1.54) is 0 Å². The van der Waals surface area contributed by atoms with Crippen LogP contribution in [0, 0.1) is 11.8 Å². The van der Waals surface area contributed by atoms with E-state index in [0.29, 0.717) is 18.3 Å². The van der Waals surface area contributed by atoms with Crippen LogP contribution in [0.3, 0.4) is 0 Å². The van der Waals surface area contributed by atoms with Gasteiger partial charge in [0.05, 0.1) is 0 Å². The van der Waals surface area contributed by atoms with Gasteiger partial charge < -0.3 is 9.90 Å². The van der Waals surface area contributed by atoms with Crippen molar-refractivity contribution in [2.75, 3.05) is 0 Å². The molecule has 16 heavy (non-hydrogen) atoms. The normalized spacial score (nSPS) is 9.94. The van der Waals surface area contributed by atoms with Gasteiger partial charge in [-0.15, -0.1) is 0 Å². The van der Waals surface area contributed by atoms with Gasteiger partial charge in [-0.3, -0.25) is 4.79 Å². The van der Waals surface area contributed by atoms with Crippen LogP contribution < -0.4 is 0 Å². The van der Waals surface area contributed by atoms with E-state index in [1.807, 2.05) is 13.8 Å². The number of carboxylic acid groups (broad SMARTS) is 1. The fourth-order valence-electron chi connectivity index (χ4n) is 1.24. The maximum Gasteiger partial charge on any atom is 0.303 e. The van der Waals surface area contributed by atoms with E-state index < -0.39 is 5.97 Å². The van der Waals surface area contributed by atoms with Crippen molar-refractivity contribution in [1.82, 2.24) is 0 Å². The number of hydrogen-bond donors (Lipinski definition) is 1. The minimum Gasteiger partial charge on any atom is -0.481 e. The molecule has 0 atom stereocenters. The van der Waals surface area contributed by atoms with E-state index in [2.05, 4.69) is 13.8 Å². The quantitative estimate of drug-likeness (QED) is 0.759. The second-order valence-electron chi connectivity index (χ2n) is 4.98. The van der Waals surface area contributed by atoms with Crippen molar-refractivity contribution in [2.24, 2.45) is 11.8 Å². The molecule has 0 aliphatic rings. The first-order valence-electron chi connectivity index (χ1n) is 5.96. The summed E-state index contributed by atoms with van der Waals surface area (Å²) in [6.45, 7) is 9.91. The number of ketones is 1. The highest BCUT2D eigenvalue weighted by atomic mass is 16.4. The lowest BCUT2D eigenvalue weighted by molar-refractivity contribution is -0.137. The minimum atomic E-state index is -0.685. The number of hydrogen-bond acceptors (Lipinski definition) is 2. The molecule has 0 bridgehead atoms. The molecular formula is C13H26O3. The van der Waals surface area contributed by atoms with Gasteiger partial charge in [-0.2, -0.15) is 0 Å². The Morgan fingerprint density at radius 1 is 1.06 bits per heavy atom. The van der Waals surface area contributed by atoms with Gasteiger partial charge in [-0.25, -0.2) is 0 Å². The topological polar surface area (TPSA) is 54.4 Å². The first-order valence-corrected chi connectivity index (χ1v) is 5.96. The van der Waals surface area contributed by atoms with Gasteiger partial charge >= 0.3 is 5.97 Å². The lowest BCUT2D eigenvalue weighted by Crippen LogP contribution is -1.95. The Morgan fingerprint density at radius 3 is 1.75 bits per heavy atom. The van der Waals surface area contributed by atoms with Gasteiger partial charge in [0.1, 0.15) is 5.78 Å². The van der Waals surface area contributed by atoms with E-state index in [9.17, 15) is 9.59 Å². The summed E-state index contributed by atoms with van der Waals surface area (Å²) in [7, 11) is 0. The number of carboxylic acids is 1. The van der Waals surface area contributed by atoms with Crippen LogP contribution in [0.2, 0.25) is 0 Å². The molecule has 0 rings (SSSR count). The molecule has 0 aromatic rings. The lowest BCUT2D eigenvalue weighted by Gasteiger charge is -1.99. The Morgan fingerprint density at radius 2 is 1.56 bits per heavy atom. The van der Waals surface area contributed by atoms with E-state index in [-0.39, 0.29) is 5.78 Å². The summed E-state index contributed by atoms with van der Waals surface area (Å²) < 4.78 is 0. The highest BCUT2D eigenvalue weighted by Gasteiger charge is 1.97. The SMILES string of the molecule is CC(=O)CC(C)C.CC(C)CCCC(=O)O. The van der Waals surface area contributed by atoms with Crippen LogP contribution in [0.25, 0.3) is 0 Å². The average Bonchev–Trinajstić information content (AvgIpc) is 2.00. The van der Waals surface area contributed by atoms with Crippen LogP contribution in [0.15, 0.2) is 0 Å². The summed E-state index contributed by atoms with van der Waals surface area (Å²) in [5.74, 6) is 0.757. The zero-order valence-electron chi connectivity index (χ0n) is 11.2. The molecule has 3 heteroatoms. The Bertz CT molecular complexity index is 195. The Balaban J connectivity index is 0. The van der Waals surface area contributed by atoms with E-state index in [4.69, 9.17) is 5.11 Å². The number of Topliss-reactive ketones (excluding diaryl/α,β-unsaturated/α-hetero) is 1. The van der Waals surface area contributed by atoms with Crippen molar-refractivity contribution in [3.05, 3.63) is 0 Å². The van der Waals surface area contributed by atoms with E-state index >= 15 is 0 Å². The van der Waals surface area contributed by atoms with E-state index in [1.54, 1.807) is 6.92 Å². The summed E-state index contributed by atoms with van der Waals surface area (Å²) >= 11 is 0. The molecule has 0 unspecified atom stereocenters. The molecule has 0 amide bonds. The highest BCUT2D eigenvalue weighted by molar-refractivity contribution is 5.75.